The number of carboxylic acid groups (broad SMARTS) is 1. The first-order valence-electron chi connectivity index (χ1n) is 9.57. The quantitative estimate of drug-likeness (QED) is 0.204. The fraction of sp³-hybridized carbons (Fsp3) is 0.850. The van der Waals surface area contributed by atoms with Crippen LogP contribution in [0, 0.1) is 11.8 Å². The fourth-order valence-electron chi connectivity index (χ4n) is 2.81. The summed E-state index contributed by atoms with van der Waals surface area (Å²) in [6.45, 7) is 2.26. The molecule has 1 aliphatic heterocycles. The average Bonchev–Trinajstić information content (AvgIpc) is 3.26. The van der Waals surface area contributed by atoms with Gasteiger partial charge >= 0.3 is 29.6 Å². The van der Waals surface area contributed by atoms with Gasteiger partial charge in [-0.05, 0) is 25.7 Å². The zero-order chi connectivity index (χ0) is 16.8. The Labute approximate surface area is 170 Å². The second-order valence-corrected chi connectivity index (χ2v) is 6.61. The average molecular weight is 344 g/mol. The molecule has 0 aromatic rings. The third kappa shape index (κ3) is 14.3. The molecule has 0 aliphatic carbocycles. The first-order valence-corrected chi connectivity index (χ1v) is 9.57. The Morgan fingerprint density at radius 2 is 1.54 bits per heavy atom. The van der Waals surface area contributed by atoms with Crippen LogP contribution in [0.5, 0.6) is 0 Å². The Morgan fingerprint density at radius 3 is 2.12 bits per heavy atom. The molecule has 2 atom stereocenters. The number of carboxylic acids is 1. The van der Waals surface area contributed by atoms with Gasteiger partial charge < -0.3 is 14.6 Å². The van der Waals surface area contributed by atoms with Crippen LogP contribution in [0.1, 0.15) is 96.8 Å². The van der Waals surface area contributed by atoms with E-state index >= 15 is 0 Å². The first kappa shape index (κ1) is 24.0. The fourth-order valence-corrected chi connectivity index (χ4v) is 2.81. The maximum Gasteiger partial charge on any atom is 1.00 e. The Kier molecular flexibility index (Phi) is 16.5. The van der Waals surface area contributed by atoms with E-state index in [1.165, 1.54) is 64.2 Å². The van der Waals surface area contributed by atoms with Gasteiger partial charge in [0.1, 0.15) is 6.10 Å². The van der Waals surface area contributed by atoms with Gasteiger partial charge in [-0.2, -0.15) is 0 Å². The van der Waals surface area contributed by atoms with Gasteiger partial charge in [-0.1, -0.05) is 70.6 Å². The zero-order valence-electron chi connectivity index (χ0n) is 15.8. The molecule has 0 radical (unpaired) electrons. The van der Waals surface area contributed by atoms with Crippen LogP contribution in [-0.2, 0) is 9.53 Å². The van der Waals surface area contributed by atoms with Crippen molar-refractivity contribution in [3.05, 3.63) is 0 Å². The molecule has 132 valence electrons. The summed E-state index contributed by atoms with van der Waals surface area (Å²) in [7, 11) is 0. The molecular weight excluding hydrogens is 311 g/mol. The van der Waals surface area contributed by atoms with Gasteiger partial charge in [0, 0.05) is 12.4 Å². The van der Waals surface area contributed by atoms with Crippen LogP contribution in [0.2, 0.25) is 0 Å². The number of epoxide rings is 1. The summed E-state index contributed by atoms with van der Waals surface area (Å²) in [5, 5.41) is 10.3. The van der Waals surface area contributed by atoms with Gasteiger partial charge in [-0.3, -0.25) is 0 Å². The molecule has 1 heterocycles. The maximum atomic E-state index is 10.3. The van der Waals surface area contributed by atoms with Crippen molar-refractivity contribution in [2.45, 2.75) is 109 Å². The summed E-state index contributed by atoms with van der Waals surface area (Å²) in [6.07, 6.45) is 16.2. The van der Waals surface area contributed by atoms with Crippen LogP contribution in [0.15, 0.2) is 0 Å². The smallest absolute Gasteiger partial charge is 0.550 e. The van der Waals surface area contributed by atoms with E-state index in [2.05, 4.69) is 18.8 Å². The van der Waals surface area contributed by atoms with Gasteiger partial charge in [-0.25, -0.2) is 0 Å². The van der Waals surface area contributed by atoms with E-state index in [-0.39, 0.29) is 48.2 Å². The molecule has 1 rings (SSSR count). The van der Waals surface area contributed by atoms with Crippen LogP contribution >= 0.6 is 0 Å². The molecule has 24 heavy (non-hydrogen) atoms. The van der Waals surface area contributed by atoms with Crippen LogP contribution in [0.25, 0.3) is 0 Å². The van der Waals surface area contributed by atoms with Crippen molar-refractivity contribution < 1.29 is 44.2 Å². The number of aliphatic carboxylic acids is 1. The Balaban J connectivity index is 0.00000529. The summed E-state index contributed by atoms with van der Waals surface area (Å²) in [4.78, 5) is 10.3. The zero-order valence-corrected chi connectivity index (χ0v) is 17.8. The second kappa shape index (κ2) is 16.5. The molecule has 3 nitrogen and oxygen atoms in total. The van der Waals surface area contributed by atoms with Crippen LogP contribution in [0.4, 0.5) is 0 Å². The van der Waals surface area contributed by atoms with Crippen LogP contribution in [-0.4, -0.2) is 18.2 Å². The van der Waals surface area contributed by atoms with Crippen molar-refractivity contribution in [1.82, 2.24) is 0 Å². The Morgan fingerprint density at radius 1 is 0.958 bits per heavy atom. The second-order valence-electron chi connectivity index (χ2n) is 6.61. The van der Waals surface area contributed by atoms with Crippen molar-refractivity contribution in [1.29, 1.82) is 0 Å². The van der Waals surface area contributed by atoms with E-state index in [1.54, 1.807) is 0 Å². The largest absolute Gasteiger partial charge is 1.00 e. The first-order chi connectivity index (χ1) is 11.2. The Bertz CT molecular complexity index is 373. The van der Waals surface area contributed by atoms with Crippen molar-refractivity contribution in [2.24, 2.45) is 0 Å². The molecule has 0 amide bonds. The molecule has 0 bridgehead atoms. The van der Waals surface area contributed by atoms with E-state index in [9.17, 15) is 9.90 Å². The number of carbonyl (C=O) groups excluding carboxylic acids is 1. The molecule has 1 aliphatic rings. The minimum atomic E-state index is -0.978. The number of hydrogen-bond donors (Lipinski definition) is 0. The van der Waals surface area contributed by atoms with E-state index in [0.29, 0.717) is 6.42 Å². The Hall–Kier alpha value is -0.0100. The van der Waals surface area contributed by atoms with Gasteiger partial charge in [0.15, 0.2) is 0 Å². The monoisotopic (exact) mass is 344 g/mol. The predicted molar refractivity (Wildman–Crippen MR) is 91.8 cm³/mol. The van der Waals surface area contributed by atoms with Crippen molar-refractivity contribution in [3.8, 4) is 11.8 Å². The SMILES string of the molecule is CCCCCCCCCCCCC#C[C@@H]1O[C@H]1CCCC(=O)[O-].[Na+]. The van der Waals surface area contributed by atoms with Crippen LogP contribution in [0.3, 0.4) is 0 Å². The number of hydrogen-bond acceptors (Lipinski definition) is 3. The summed E-state index contributed by atoms with van der Waals surface area (Å²) < 4.78 is 5.41. The van der Waals surface area contributed by atoms with Gasteiger partial charge in [0.25, 0.3) is 0 Å². The molecule has 1 fully saturated rings. The predicted octanol–water partition coefficient (Wildman–Crippen LogP) is 0.992. The maximum absolute atomic E-state index is 10.3. The van der Waals surface area contributed by atoms with Crippen molar-refractivity contribution in [3.63, 3.8) is 0 Å². The van der Waals surface area contributed by atoms with Crippen LogP contribution < -0.4 is 34.7 Å². The summed E-state index contributed by atoms with van der Waals surface area (Å²) in [5.41, 5.74) is 0. The summed E-state index contributed by atoms with van der Waals surface area (Å²) in [5.74, 6) is 5.36. The summed E-state index contributed by atoms with van der Waals surface area (Å²) >= 11 is 0. The minimum absolute atomic E-state index is 0. The number of carbonyl (C=O) groups is 1. The molecular formula is C20H33NaO3. The molecule has 4 heteroatoms. The van der Waals surface area contributed by atoms with Crippen molar-refractivity contribution >= 4 is 5.97 Å². The van der Waals surface area contributed by atoms with E-state index in [1.807, 2.05) is 0 Å². The van der Waals surface area contributed by atoms with Gasteiger partial charge in [-0.15, -0.1) is 5.92 Å². The topological polar surface area (TPSA) is 52.7 Å². The molecule has 0 saturated carbocycles. The van der Waals surface area contributed by atoms with Crippen molar-refractivity contribution in [2.75, 3.05) is 0 Å². The molecule has 0 N–H and O–H groups in total. The standard InChI is InChI=1S/C20H34O3.Na/c1-2-3-4-5-6-7-8-9-10-11-12-13-15-18-19(23-18)16-14-17-20(21)22;/h18-19H,2-12,14,16-17H2,1H3,(H,21,22);/q;+1/p-1/t18-,19-;/m0./s1. The molecule has 0 aromatic heterocycles. The van der Waals surface area contributed by atoms with E-state index in [0.717, 1.165) is 12.8 Å². The normalized spacial score (nSPS) is 18.4. The third-order valence-corrected chi connectivity index (χ3v) is 4.35. The molecule has 1 saturated heterocycles. The molecule has 0 unspecified atom stereocenters. The molecule has 0 aromatic carbocycles. The van der Waals surface area contributed by atoms with E-state index in [4.69, 9.17) is 4.74 Å². The minimum Gasteiger partial charge on any atom is -0.550 e. The number of rotatable bonds is 14. The summed E-state index contributed by atoms with van der Waals surface area (Å²) in [6, 6.07) is 0. The van der Waals surface area contributed by atoms with Gasteiger partial charge in [0.05, 0.1) is 6.10 Å². The number of ether oxygens (including phenoxy) is 1. The number of unbranched alkanes of at least 4 members (excludes halogenated alkanes) is 10. The molecule has 0 spiro atoms. The third-order valence-electron chi connectivity index (χ3n) is 4.35. The van der Waals surface area contributed by atoms with E-state index < -0.39 is 5.97 Å². The van der Waals surface area contributed by atoms with Gasteiger partial charge in [0.2, 0.25) is 0 Å².